The van der Waals surface area contributed by atoms with Gasteiger partial charge in [0, 0.05) is 36.6 Å². The second-order valence-electron chi connectivity index (χ2n) is 7.04. The zero-order valence-electron chi connectivity index (χ0n) is 17.2. The molecule has 1 aromatic heterocycles. The lowest BCUT2D eigenvalue weighted by Crippen LogP contribution is -2.47. The van der Waals surface area contributed by atoms with E-state index >= 15 is 0 Å². The molecule has 0 aliphatic heterocycles. The molecule has 0 aliphatic rings. The maximum atomic E-state index is 13.3. The van der Waals surface area contributed by atoms with Crippen molar-refractivity contribution in [1.29, 1.82) is 0 Å². The van der Waals surface area contributed by atoms with Crippen molar-refractivity contribution in [2.45, 2.75) is 25.4 Å². The maximum Gasteiger partial charge on any atom is 0.303 e. The average Bonchev–Trinajstić information content (AvgIpc) is 2.79. The standard InChI is InChI=1S/C23H23N5O4/c24-21(31)19(11-12-20(29)30)28(15-16-5-2-1-3-6-16)22(32)17-7-9-18(10-8-17)27-23-25-13-4-14-26-23/h1-10,13-14,19H,11-12,15H2,(H2,24,31)(H,29,30)(H,25,26,27)/t19-/m0/s1. The van der Waals surface area contributed by atoms with Crippen molar-refractivity contribution in [2.75, 3.05) is 5.32 Å². The van der Waals surface area contributed by atoms with Gasteiger partial charge in [-0.2, -0.15) is 0 Å². The van der Waals surface area contributed by atoms with Crippen LogP contribution < -0.4 is 11.1 Å². The topological polar surface area (TPSA) is 139 Å². The Morgan fingerprint density at radius 1 is 0.969 bits per heavy atom. The summed E-state index contributed by atoms with van der Waals surface area (Å²) < 4.78 is 0. The van der Waals surface area contributed by atoms with E-state index in [1.54, 1.807) is 42.7 Å². The summed E-state index contributed by atoms with van der Waals surface area (Å²) in [6.45, 7) is 0.116. The van der Waals surface area contributed by atoms with E-state index in [2.05, 4.69) is 15.3 Å². The highest BCUT2D eigenvalue weighted by Gasteiger charge is 2.29. The number of anilines is 2. The summed E-state index contributed by atoms with van der Waals surface area (Å²) in [5.74, 6) is -1.83. The van der Waals surface area contributed by atoms with Crippen molar-refractivity contribution in [1.82, 2.24) is 14.9 Å². The molecule has 0 bridgehead atoms. The fourth-order valence-corrected chi connectivity index (χ4v) is 3.17. The second-order valence-corrected chi connectivity index (χ2v) is 7.04. The molecule has 0 saturated heterocycles. The Morgan fingerprint density at radius 3 is 2.22 bits per heavy atom. The third kappa shape index (κ3) is 6.11. The fraction of sp³-hybridized carbons (Fsp3) is 0.174. The van der Waals surface area contributed by atoms with Gasteiger partial charge in [0.2, 0.25) is 11.9 Å². The number of nitrogens with zero attached hydrogens (tertiary/aromatic N) is 3. The first-order valence-corrected chi connectivity index (χ1v) is 9.94. The van der Waals surface area contributed by atoms with Gasteiger partial charge in [-0.1, -0.05) is 30.3 Å². The summed E-state index contributed by atoms with van der Waals surface area (Å²) in [6.07, 6.45) is 2.85. The summed E-state index contributed by atoms with van der Waals surface area (Å²) in [5, 5.41) is 12.1. The molecule has 0 spiro atoms. The molecule has 2 aromatic carbocycles. The molecule has 0 unspecified atom stereocenters. The SMILES string of the molecule is NC(=O)[C@H](CCC(=O)O)N(Cc1ccccc1)C(=O)c1ccc(Nc2ncccn2)cc1. The van der Waals surface area contributed by atoms with E-state index in [0.717, 1.165) is 5.56 Å². The molecular formula is C23H23N5O4. The largest absolute Gasteiger partial charge is 0.481 e. The lowest BCUT2D eigenvalue weighted by molar-refractivity contribution is -0.137. The molecule has 3 rings (SSSR count). The van der Waals surface area contributed by atoms with Gasteiger partial charge in [-0.05, 0) is 42.3 Å². The van der Waals surface area contributed by atoms with Crippen molar-refractivity contribution >= 4 is 29.4 Å². The van der Waals surface area contributed by atoms with Gasteiger partial charge in [-0.3, -0.25) is 14.4 Å². The molecule has 9 heteroatoms. The number of hydrogen-bond donors (Lipinski definition) is 3. The number of carbonyl (C=O) groups excluding carboxylic acids is 2. The van der Waals surface area contributed by atoms with Crippen LogP contribution in [0.25, 0.3) is 0 Å². The lowest BCUT2D eigenvalue weighted by atomic mass is 10.0. The van der Waals surface area contributed by atoms with Crippen LogP contribution in [0.1, 0.15) is 28.8 Å². The van der Waals surface area contributed by atoms with E-state index in [9.17, 15) is 14.4 Å². The monoisotopic (exact) mass is 433 g/mol. The third-order valence-corrected chi connectivity index (χ3v) is 4.75. The van der Waals surface area contributed by atoms with E-state index in [-0.39, 0.29) is 19.4 Å². The van der Waals surface area contributed by atoms with Crippen molar-refractivity contribution < 1.29 is 19.5 Å². The summed E-state index contributed by atoms with van der Waals surface area (Å²) in [7, 11) is 0. The first-order chi connectivity index (χ1) is 15.4. The molecule has 1 heterocycles. The minimum atomic E-state index is -1.07. The number of aromatic nitrogens is 2. The predicted molar refractivity (Wildman–Crippen MR) is 118 cm³/mol. The number of amides is 2. The second kappa shape index (κ2) is 10.7. The normalized spacial score (nSPS) is 11.4. The fourth-order valence-electron chi connectivity index (χ4n) is 3.17. The number of nitrogens with two attached hydrogens (primary N) is 1. The number of benzene rings is 2. The van der Waals surface area contributed by atoms with Crippen molar-refractivity contribution in [3.8, 4) is 0 Å². The van der Waals surface area contributed by atoms with Gasteiger partial charge < -0.3 is 21.1 Å². The summed E-state index contributed by atoms with van der Waals surface area (Å²) in [6, 6.07) is 16.4. The Kier molecular flexibility index (Phi) is 7.47. The quantitative estimate of drug-likeness (QED) is 0.447. The molecule has 1 atom stereocenters. The minimum absolute atomic E-state index is 0.0752. The Labute approximate surface area is 184 Å². The predicted octanol–water partition coefficient (Wildman–Crippen LogP) is 2.58. The number of nitrogens with one attached hydrogen (secondary N) is 1. The number of carboxylic acids is 1. The van der Waals surface area contributed by atoms with Crippen LogP contribution in [-0.4, -0.2) is 43.8 Å². The molecular weight excluding hydrogens is 410 g/mol. The smallest absolute Gasteiger partial charge is 0.303 e. The molecule has 0 fully saturated rings. The Balaban J connectivity index is 1.84. The minimum Gasteiger partial charge on any atom is -0.481 e. The van der Waals surface area contributed by atoms with Crippen LogP contribution in [0.3, 0.4) is 0 Å². The van der Waals surface area contributed by atoms with Crippen LogP contribution in [0.2, 0.25) is 0 Å². The summed E-state index contributed by atoms with van der Waals surface area (Å²) in [4.78, 5) is 46.0. The number of carboxylic acid groups (broad SMARTS) is 1. The van der Waals surface area contributed by atoms with Crippen LogP contribution in [0.5, 0.6) is 0 Å². The molecule has 0 saturated carbocycles. The summed E-state index contributed by atoms with van der Waals surface area (Å²) in [5.41, 5.74) is 7.36. The van der Waals surface area contributed by atoms with Crippen LogP contribution in [-0.2, 0) is 16.1 Å². The Morgan fingerprint density at radius 2 is 1.62 bits per heavy atom. The molecule has 9 nitrogen and oxygen atoms in total. The lowest BCUT2D eigenvalue weighted by Gasteiger charge is -2.30. The third-order valence-electron chi connectivity index (χ3n) is 4.75. The van der Waals surface area contributed by atoms with Gasteiger partial charge in [0.25, 0.3) is 5.91 Å². The van der Waals surface area contributed by atoms with Gasteiger partial charge in [0.1, 0.15) is 6.04 Å². The first-order valence-electron chi connectivity index (χ1n) is 9.94. The van der Waals surface area contributed by atoms with E-state index in [0.29, 0.717) is 17.2 Å². The first kappa shape index (κ1) is 22.4. The van der Waals surface area contributed by atoms with E-state index in [1.165, 1.54) is 4.90 Å². The Hall–Kier alpha value is -4.27. The van der Waals surface area contributed by atoms with Gasteiger partial charge in [0.15, 0.2) is 0 Å². The van der Waals surface area contributed by atoms with Gasteiger partial charge in [-0.15, -0.1) is 0 Å². The highest BCUT2D eigenvalue weighted by atomic mass is 16.4. The van der Waals surface area contributed by atoms with Crippen LogP contribution >= 0.6 is 0 Å². The van der Waals surface area contributed by atoms with Gasteiger partial charge in [0.05, 0.1) is 0 Å². The number of aliphatic carboxylic acids is 1. The zero-order chi connectivity index (χ0) is 22.9. The zero-order valence-corrected chi connectivity index (χ0v) is 17.2. The molecule has 164 valence electrons. The summed E-state index contributed by atoms with van der Waals surface area (Å²) >= 11 is 0. The number of rotatable bonds is 10. The highest BCUT2D eigenvalue weighted by Crippen LogP contribution is 2.19. The molecule has 32 heavy (non-hydrogen) atoms. The van der Waals surface area contributed by atoms with Crippen molar-refractivity contribution in [2.24, 2.45) is 5.73 Å². The maximum absolute atomic E-state index is 13.3. The highest BCUT2D eigenvalue weighted by molar-refractivity contribution is 5.97. The number of primary amides is 1. The molecule has 4 N–H and O–H groups in total. The van der Waals surface area contributed by atoms with E-state index < -0.39 is 23.8 Å². The molecule has 3 aromatic rings. The molecule has 0 radical (unpaired) electrons. The van der Waals surface area contributed by atoms with Crippen molar-refractivity contribution in [3.05, 3.63) is 84.2 Å². The van der Waals surface area contributed by atoms with Gasteiger partial charge in [-0.25, -0.2) is 9.97 Å². The van der Waals surface area contributed by atoms with Crippen LogP contribution in [0, 0.1) is 0 Å². The van der Waals surface area contributed by atoms with Crippen LogP contribution in [0.15, 0.2) is 73.1 Å². The Bertz CT molecular complexity index is 1060. The van der Waals surface area contributed by atoms with Crippen LogP contribution in [0.4, 0.5) is 11.6 Å². The van der Waals surface area contributed by atoms with E-state index in [4.69, 9.17) is 10.8 Å². The molecule has 0 aliphatic carbocycles. The average molecular weight is 433 g/mol. The number of carbonyl (C=O) groups is 3. The van der Waals surface area contributed by atoms with E-state index in [1.807, 2.05) is 30.3 Å². The molecule has 2 amide bonds. The number of hydrogen-bond acceptors (Lipinski definition) is 6. The van der Waals surface area contributed by atoms with Gasteiger partial charge >= 0.3 is 5.97 Å². The van der Waals surface area contributed by atoms with Crippen molar-refractivity contribution in [3.63, 3.8) is 0 Å².